The van der Waals surface area contributed by atoms with Crippen LogP contribution in [-0.4, -0.2) is 74.5 Å². The second-order valence-corrected chi connectivity index (χ2v) is 9.65. The summed E-state index contributed by atoms with van der Waals surface area (Å²) in [5.74, 6) is -0.545. The molecule has 1 atom stereocenters. The highest BCUT2D eigenvalue weighted by Crippen LogP contribution is 2.38. The van der Waals surface area contributed by atoms with Crippen molar-refractivity contribution in [3.8, 4) is 0 Å². The third kappa shape index (κ3) is 5.15. The summed E-state index contributed by atoms with van der Waals surface area (Å²) in [7, 11) is 0. The van der Waals surface area contributed by atoms with Gasteiger partial charge in [0.05, 0.1) is 18.9 Å². The SMILES string of the molecule is O=C1CCC(Nc2ccc(N3CCN(CC4CCC5(CC4)OCCO5)CC3)c(F)c2)C(=O)N1. The number of ether oxygens (including phenoxy) is 2. The largest absolute Gasteiger partial charge is 0.374 e. The molecule has 0 radical (unpaired) electrons. The molecule has 2 N–H and O–H groups in total. The monoisotopic (exact) mass is 460 g/mol. The van der Waals surface area contributed by atoms with Crippen molar-refractivity contribution in [2.45, 2.75) is 50.4 Å². The number of piperazine rings is 1. The van der Waals surface area contributed by atoms with E-state index in [-0.39, 0.29) is 29.8 Å². The number of hydrogen-bond acceptors (Lipinski definition) is 7. The Kier molecular flexibility index (Phi) is 6.53. The Labute approximate surface area is 193 Å². The number of carbonyl (C=O) groups is 2. The molecule has 1 aromatic carbocycles. The number of hydrogen-bond donors (Lipinski definition) is 2. The molecule has 33 heavy (non-hydrogen) atoms. The summed E-state index contributed by atoms with van der Waals surface area (Å²) in [6.07, 6.45) is 4.95. The van der Waals surface area contributed by atoms with Crippen LogP contribution in [0.5, 0.6) is 0 Å². The van der Waals surface area contributed by atoms with E-state index in [1.165, 1.54) is 6.07 Å². The third-order valence-electron chi connectivity index (χ3n) is 7.44. The summed E-state index contributed by atoms with van der Waals surface area (Å²) >= 11 is 0. The van der Waals surface area contributed by atoms with E-state index in [1.807, 2.05) is 0 Å². The van der Waals surface area contributed by atoms with Gasteiger partial charge in [-0.2, -0.15) is 0 Å². The zero-order valence-electron chi connectivity index (χ0n) is 19.0. The lowest BCUT2D eigenvalue weighted by atomic mass is 9.84. The van der Waals surface area contributed by atoms with Crippen molar-refractivity contribution >= 4 is 23.2 Å². The molecule has 1 saturated carbocycles. The number of nitrogens with one attached hydrogen (secondary N) is 2. The van der Waals surface area contributed by atoms with E-state index >= 15 is 0 Å². The average molecular weight is 461 g/mol. The van der Waals surface area contributed by atoms with Gasteiger partial charge in [0, 0.05) is 57.7 Å². The number of piperidine rings is 1. The number of carbonyl (C=O) groups excluding carboxylic acids is 2. The fourth-order valence-electron chi connectivity index (χ4n) is 5.51. The van der Waals surface area contributed by atoms with Crippen LogP contribution < -0.4 is 15.5 Å². The Hall–Kier alpha value is -2.23. The Balaban J connectivity index is 1.10. The number of nitrogens with zero attached hydrogens (tertiary/aromatic N) is 2. The molecule has 1 aromatic rings. The van der Waals surface area contributed by atoms with Gasteiger partial charge in [-0.25, -0.2) is 4.39 Å². The summed E-state index contributed by atoms with van der Waals surface area (Å²) in [4.78, 5) is 27.8. The molecule has 180 valence electrons. The Bertz CT molecular complexity index is 873. The highest BCUT2D eigenvalue weighted by Gasteiger charge is 2.40. The predicted molar refractivity (Wildman–Crippen MR) is 121 cm³/mol. The van der Waals surface area contributed by atoms with Gasteiger partial charge in [0.25, 0.3) is 0 Å². The lowest BCUT2D eigenvalue weighted by molar-refractivity contribution is -0.183. The van der Waals surface area contributed by atoms with Crippen molar-refractivity contribution in [2.75, 3.05) is 56.2 Å². The van der Waals surface area contributed by atoms with Gasteiger partial charge in [-0.3, -0.25) is 19.8 Å². The molecule has 3 saturated heterocycles. The maximum atomic E-state index is 14.9. The van der Waals surface area contributed by atoms with Crippen molar-refractivity contribution in [1.29, 1.82) is 0 Å². The number of rotatable bonds is 5. The maximum Gasteiger partial charge on any atom is 0.249 e. The van der Waals surface area contributed by atoms with Crippen LogP contribution in [0, 0.1) is 11.7 Å². The second-order valence-electron chi connectivity index (χ2n) is 9.65. The minimum atomic E-state index is -0.516. The molecule has 3 heterocycles. The molecule has 1 spiro atoms. The van der Waals surface area contributed by atoms with E-state index in [0.29, 0.717) is 23.7 Å². The molecule has 1 unspecified atom stereocenters. The van der Waals surface area contributed by atoms with Gasteiger partial charge in [0.2, 0.25) is 11.8 Å². The molecule has 9 heteroatoms. The second kappa shape index (κ2) is 9.56. The summed E-state index contributed by atoms with van der Waals surface area (Å²) in [5, 5.41) is 5.36. The maximum absolute atomic E-state index is 14.9. The molecule has 5 rings (SSSR count). The van der Waals surface area contributed by atoms with Crippen molar-refractivity contribution in [1.82, 2.24) is 10.2 Å². The fraction of sp³-hybridized carbons (Fsp3) is 0.667. The standard InChI is InChI=1S/C24H33FN4O4/c25-19-15-18(26-20-2-4-22(30)27-23(20)31)1-3-21(19)29-11-9-28(10-12-29)16-17-5-7-24(8-6-17)32-13-14-33-24/h1,3,15,17,20,26H,2,4-14,16H2,(H,27,30,31). The summed E-state index contributed by atoms with van der Waals surface area (Å²) < 4.78 is 26.6. The molecule has 0 aromatic heterocycles. The average Bonchev–Trinajstić information content (AvgIpc) is 3.26. The molecule has 1 aliphatic carbocycles. The van der Waals surface area contributed by atoms with E-state index in [4.69, 9.17) is 9.47 Å². The third-order valence-corrected chi connectivity index (χ3v) is 7.44. The van der Waals surface area contributed by atoms with Crippen molar-refractivity contribution < 1.29 is 23.5 Å². The summed E-state index contributed by atoms with van der Waals surface area (Å²) in [5.41, 5.74) is 1.15. The van der Waals surface area contributed by atoms with E-state index in [1.54, 1.807) is 12.1 Å². The molecule has 4 aliphatic rings. The molecular formula is C24H33FN4O4. The molecule has 8 nitrogen and oxygen atoms in total. The van der Waals surface area contributed by atoms with Gasteiger partial charge >= 0.3 is 0 Å². The Morgan fingerprint density at radius 1 is 1.06 bits per heavy atom. The lowest BCUT2D eigenvalue weighted by Gasteiger charge is -2.40. The summed E-state index contributed by atoms with van der Waals surface area (Å²) in [6, 6.07) is 4.51. The van der Waals surface area contributed by atoms with Crippen LogP contribution in [0.25, 0.3) is 0 Å². The number of halogens is 1. The minimum absolute atomic E-state index is 0.261. The lowest BCUT2D eigenvalue weighted by Crippen LogP contribution is -2.49. The van der Waals surface area contributed by atoms with Crippen LogP contribution in [0.2, 0.25) is 0 Å². The Morgan fingerprint density at radius 2 is 1.79 bits per heavy atom. The van der Waals surface area contributed by atoms with Crippen molar-refractivity contribution in [2.24, 2.45) is 5.92 Å². The molecule has 0 bridgehead atoms. The number of benzene rings is 1. The van der Waals surface area contributed by atoms with Crippen LogP contribution in [0.4, 0.5) is 15.8 Å². The first kappa shape index (κ1) is 22.6. The smallest absolute Gasteiger partial charge is 0.249 e. The quantitative estimate of drug-likeness (QED) is 0.651. The normalized spacial score (nSPS) is 26.6. The zero-order chi connectivity index (χ0) is 22.8. The van der Waals surface area contributed by atoms with E-state index in [2.05, 4.69) is 20.4 Å². The topological polar surface area (TPSA) is 83.1 Å². The van der Waals surface area contributed by atoms with Crippen molar-refractivity contribution in [3.63, 3.8) is 0 Å². The summed E-state index contributed by atoms with van der Waals surface area (Å²) in [6.45, 7) is 5.95. The Morgan fingerprint density at radius 3 is 2.45 bits per heavy atom. The van der Waals surface area contributed by atoms with Crippen LogP contribution >= 0.6 is 0 Å². The van der Waals surface area contributed by atoms with Gasteiger partial charge in [-0.1, -0.05) is 0 Å². The number of anilines is 2. The molecule has 3 aliphatic heterocycles. The van der Waals surface area contributed by atoms with Crippen LogP contribution in [0.15, 0.2) is 18.2 Å². The van der Waals surface area contributed by atoms with Gasteiger partial charge in [0.15, 0.2) is 5.79 Å². The van der Waals surface area contributed by atoms with Gasteiger partial charge in [-0.05, 0) is 43.4 Å². The van der Waals surface area contributed by atoms with Crippen molar-refractivity contribution in [3.05, 3.63) is 24.0 Å². The van der Waals surface area contributed by atoms with E-state index in [0.717, 1.165) is 71.6 Å². The van der Waals surface area contributed by atoms with Crippen LogP contribution in [-0.2, 0) is 19.1 Å². The molecule has 4 fully saturated rings. The van der Waals surface area contributed by atoms with Crippen LogP contribution in [0.1, 0.15) is 38.5 Å². The highest BCUT2D eigenvalue weighted by atomic mass is 19.1. The fourth-order valence-corrected chi connectivity index (χ4v) is 5.51. The predicted octanol–water partition coefficient (Wildman–Crippen LogP) is 2.10. The number of amides is 2. The zero-order valence-corrected chi connectivity index (χ0v) is 19.0. The molecular weight excluding hydrogens is 427 g/mol. The molecule has 2 amide bonds. The first-order valence-electron chi connectivity index (χ1n) is 12.1. The first-order chi connectivity index (χ1) is 16.0. The minimum Gasteiger partial charge on any atom is -0.374 e. The van der Waals surface area contributed by atoms with Crippen LogP contribution in [0.3, 0.4) is 0 Å². The first-order valence-corrected chi connectivity index (χ1v) is 12.1. The number of imide groups is 1. The van der Waals surface area contributed by atoms with Gasteiger partial charge in [-0.15, -0.1) is 0 Å². The van der Waals surface area contributed by atoms with E-state index in [9.17, 15) is 14.0 Å². The van der Waals surface area contributed by atoms with Gasteiger partial charge < -0.3 is 19.7 Å². The van der Waals surface area contributed by atoms with Gasteiger partial charge in [0.1, 0.15) is 11.9 Å². The highest BCUT2D eigenvalue weighted by molar-refractivity contribution is 6.01. The van der Waals surface area contributed by atoms with E-state index < -0.39 is 6.04 Å².